The smallest absolute Gasteiger partial charge is 0.275 e. The van der Waals surface area contributed by atoms with Gasteiger partial charge in [-0.1, -0.05) is 24.3 Å². The van der Waals surface area contributed by atoms with Gasteiger partial charge in [-0.05, 0) is 29.3 Å². The Hall–Kier alpha value is -3.07. The van der Waals surface area contributed by atoms with Crippen molar-refractivity contribution in [1.82, 2.24) is 15.2 Å². The first-order valence-corrected chi connectivity index (χ1v) is 9.37. The average Bonchev–Trinajstić information content (AvgIpc) is 3.41. The highest BCUT2D eigenvalue weighted by Crippen LogP contribution is 2.30. The monoisotopic (exact) mass is 429 g/mol. The van der Waals surface area contributed by atoms with Crippen molar-refractivity contribution in [2.45, 2.75) is 6.54 Å². The van der Waals surface area contributed by atoms with Crippen molar-refractivity contribution in [3.63, 3.8) is 0 Å². The van der Waals surface area contributed by atoms with Crippen molar-refractivity contribution in [2.24, 2.45) is 5.73 Å². The molecule has 4 rings (SSSR count). The fraction of sp³-hybridized carbons (Fsp3) is 0.0500. The second-order valence-corrected chi connectivity index (χ2v) is 6.93. The zero-order valence-electron chi connectivity index (χ0n) is 15.1. The van der Waals surface area contributed by atoms with E-state index in [4.69, 9.17) is 5.73 Å². The molecule has 2 aromatic heterocycles. The van der Waals surface area contributed by atoms with Crippen molar-refractivity contribution < 1.29 is 9.18 Å². The van der Waals surface area contributed by atoms with E-state index >= 15 is 0 Å². The number of carbonyl (C=O) groups excluding carboxylic acids is 1. The molecule has 4 N–H and O–H groups in total. The van der Waals surface area contributed by atoms with Crippen LogP contribution in [-0.4, -0.2) is 21.1 Å². The molecule has 0 fully saturated rings. The zero-order valence-corrected chi connectivity index (χ0v) is 16.7. The van der Waals surface area contributed by atoms with E-state index in [2.05, 4.69) is 20.5 Å². The van der Waals surface area contributed by atoms with Crippen LogP contribution >= 0.6 is 23.7 Å². The van der Waals surface area contributed by atoms with E-state index in [1.807, 2.05) is 24.3 Å². The normalized spacial score (nSPS) is 10.4. The number of anilines is 1. The molecule has 0 radical (unpaired) electrons. The molecular weight excluding hydrogens is 413 g/mol. The van der Waals surface area contributed by atoms with E-state index in [0.29, 0.717) is 22.8 Å². The molecule has 1 amide bonds. The summed E-state index contributed by atoms with van der Waals surface area (Å²) in [5, 5.41) is 11.8. The van der Waals surface area contributed by atoms with E-state index < -0.39 is 0 Å². The van der Waals surface area contributed by atoms with E-state index in [0.717, 1.165) is 16.7 Å². The molecule has 0 bridgehead atoms. The van der Waals surface area contributed by atoms with Gasteiger partial charge < -0.3 is 11.1 Å². The first kappa shape index (κ1) is 20.7. The Morgan fingerprint density at radius 2 is 1.97 bits per heavy atom. The van der Waals surface area contributed by atoms with E-state index in [1.165, 1.54) is 23.5 Å². The van der Waals surface area contributed by atoms with Crippen LogP contribution in [0.1, 0.15) is 16.1 Å². The Labute approximate surface area is 176 Å². The van der Waals surface area contributed by atoms with Gasteiger partial charge in [-0.3, -0.25) is 9.89 Å². The molecule has 4 aromatic rings. The molecule has 0 aliphatic carbocycles. The number of halogens is 2. The minimum Gasteiger partial charge on any atom is -0.326 e. The maximum absolute atomic E-state index is 13.8. The number of nitrogens with zero attached hydrogens (tertiary/aromatic N) is 2. The van der Waals surface area contributed by atoms with Crippen molar-refractivity contribution in [3.05, 3.63) is 77.3 Å². The number of aromatic amines is 1. The van der Waals surface area contributed by atoms with Gasteiger partial charge in [0.15, 0.2) is 0 Å². The number of nitrogens with two attached hydrogens (primary N) is 1. The average molecular weight is 430 g/mol. The van der Waals surface area contributed by atoms with Crippen LogP contribution in [0.4, 0.5) is 10.1 Å². The van der Waals surface area contributed by atoms with Gasteiger partial charge in [0, 0.05) is 34.9 Å². The van der Waals surface area contributed by atoms with Gasteiger partial charge in [0.1, 0.15) is 16.5 Å². The third kappa shape index (κ3) is 4.51. The number of rotatable bonds is 5. The molecule has 0 aliphatic rings. The van der Waals surface area contributed by atoms with Gasteiger partial charge in [0.05, 0.1) is 6.20 Å². The van der Waals surface area contributed by atoms with E-state index in [9.17, 15) is 9.18 Å². The molecule has 29 heavy (non-hydrogen) atoms. The molecule has 0 saturated carbocycles. The summed E-state index contributed by atoms with van der Waals surface area (Å²) in [7, 11) is 0. The van der Waals surface area contributed by atoms with E-state index in [1.54, 1.807) is 23.8 Å². The summed E-state index contributed by atoms with van der Waals surface area (Å²) in [6.07, 6.45) is 3.35. The van der Waals surface area contributed by atoms with Gasteiger partial charge in [-0.25, -0.2) is 9.37 Å². The van der Waals surface area contributed by atoms with Crippen molar-refractivity contribution >= 4 is 35.3 Å². The number of amides is 1. The quantitative estimate of drug-likeness (QED) is 0.436. The van der Waals surface area contributed by atoms with Crippen molar-refractivity contribution in [2.75, 3.05) is 5.32 Å². The topological polar surface area (TPSA) is 96.7 Å². The van der Waals surface area contributed by atoms with Gasteiger partial charge in [0.25, 0.3) is 5.91 Å². The van der Waals surface area contributed by atoms with Gasteiger partial charge >= 0.3 is 0 Å². The van der Waals surface area contributed by atoms with Crippen LogP contribution in [0, 0.1) is 5.82 Å². The minimum atomic E-state index is -0.383. The third-order valence-corrected chi connectivity index (χ3v) is 5.10. The number of thiazole rings is 1. The van der Waals surface area contributed by atoms with Crippen LogP contribution < -0.4 is 11.1 Å². The predicted molar refractivity (Wildman–Crippen MR) is 115 cm³/mol. The number of carbonyl (C=O) groups is 1. The number of aromatic nitrogens is 3. The lowest BCUT2D eigenvalue weighted by molar-refractivity contribution is 0.102. The summed E-state index contributed by atoms with van der Waals surface area (Å²) >= 11 is 1.35. The lowest BCUT2D eigenvalue weighted by atomic mass is 10.0. The van der Waals surface area contributed by atoms with E-state index in [-0.39, 0.29) is 29.8 Å². The maximum Gasteiger partial charge on any atom is 0.275 e. The molecule has 148 valence electrons. The minimum absolute atomic E-state index is 0. The highest BCUT2D eigenvalue weighted by Gasteiger charge is 2.15. The van der Waals surface area contributed by atoms with Gasteiger partial charge in [-0.2, -0.15) is 5.10 Å². The maximum atomic E-state index is 13.8. The molecule has 9 heteroatoms. The van der Waals surface area contributed by atoms with Crippen LogP contribution in [0.15, 0.2) is 60.2 Å². The lowest BCUT2D eigenvalue weighted by Crippen LogP contribution is -2.13. The second-order valence-electron chi connectivity index (χ2n) is 6.07. The first-order valence-electron chi connectivity index (χ1n) is 8.49. The highest BCUT2D eigenvalue weighted by atomic mass is 35.5. The molecule has 0 unspecified atom stereocenters. The molecular formula is C20H17ClFN5OS. The molecule has 0 spiro atoms. The van der Waals surface area contributed by atoms with Crippen LogP contribution in [0.5, 0.6) is 0 Å². The Morgan fingerprint density at radius 3 is 2.66 bits per heavy atom. The van der Waals surface area contributed by atoms with Crippen LogP contribution in [-0.2, 0) is 6.54 Å². The third-order valence-electron chi connectivity index (χ3n) is 4.21. The molecule has 0 atom stereocenters. The number of hydrogen-bond donors (Lipinski definition) is 3. The van der Waals surface area contributed by atoms with Crippen molar-refractivity contribution in [3.8, 4) is 21.7 Å². The summed E-state index contributed by atoms with van der Waals surface area (Å²) < 4.78 is 13.8. The predicted octanol–water partition coefficient (Wildman–Crippen LogP) is 4.47. The van der Waals surface area contributed by atoms with Crippen LogP contribution in [0.3, 0.4) is 0 Å². The fourth-order valence-electron chi connectivity index (χ4n) is 2.75. The summed E-state index contributed by atoms with van der Waals surface area (Å²) in [5.41, 5.74) is 9.57. The Balaban J connectivity index is 0.00000240. The number of nitrogens with one attached hydrogen (secondary N) is 2. The largest absolute Gasteiger partial charge is 0.326 e. The first-order chi connectivity index (χ1) is 13.6. The fourth-order valence-corrected chi connectivity index (χ4v) is 3.53. The Morgan fingerprint density at radius 1 is 1.17 bits per heavy atom. The molecule has 6 nitrogen and oxygen atoms in total. The zero-order chi connectivity index (χ0) is 19.5. The number of H-pyrrole nitrogens is 1. The molecule has 0 aliphatic heterocycles. The number of benzene rings is 2. The molecule has 0 saturated heterocycles. The standard InChI is InChI=1S/C20H16FN5OS.ClH/c21-15-5-6-17(16(7-15)13-3-1-12(8-22)2-4-13)25-19(27)18-11-28-20(26-18)14-9-23-24-10-14;/h1-7,9-11H,8,22H2,(H,23,24)(H,25,27);1H. The van der Waals surface area contributed by atoms with Gasteiger partial charge in [-0.15, -0.1) is 23.7 Å². The SMILES string of the molecule is Cl.NCc1ccc(-c2cc(F)ccc2NC(=O)c2csc(-c3cn[nH]c3)n2)cc1. The summed E-state index contributed by atoms with van der Waals surface area (Å²) in [6.45, 7) is 0.426. The van der Waals surface area contributed by atoms with Crippen LogP contribution in [0.25, 0.3) is 21.7 Å². The number of hydrogen-bond acceptors (Lipinski definition) is 5. The Kier molecular flexibility index (Phi) is 6.38. The highest BCUT2D eigenvalue weighted by molar-refractivity contribution is 7.13. The Bertz CT molecular complexity index is 1110. The molecule has 2 heterocycles. The summed E-state index contributed by atoms with van der Waals surface area (Å²) in [6, 6.07) is 11.7. The van der Waals surface area contributed by atoms with Crippen molar-refractivity contribution in [1.29, 1.82) is 0 Å². The summed E-state index contributed by atoms with van der Waals surface area (Å²) in [5.74, 6) is -0.746. The second kappa shape index (κ2) is 8.95. The molecule has 2 aromatic carbocycles. The van der Waals surface area contributed by atoms with Gasteiger partial charge in [0.2, 0.25) is 0 Å². The van der Waals surface area contributed by atoms with Crippen LogP contribution in [0.2, 0.25) is 0 Å². The summed E-state index contributed by atoms with van der Waals surface area (Å²) in [4.78, 5) is 17.0. The lowest BCUT2D eigenvalue weighted by Gasteiger charge is -2.11.